The van der Waals surface area contributed by atoms with Gasteiger partial charge in [-0.15, -0.1) is 0 Å². The Morgan fingerprint density at radius 2 is 2.27 bits per heavy atom. The van der Waals surface area contributed by atoms with Gasteiger partial charge < -0.3 is 11.1 Å². The van der Waals surface area contributed by atoms with Crippen LogP contribution in [0, 0.1) is 6.92 Å². The van der Waals surface area contributed by atoms with Crippen molar-refractivity contribution in [2.45, 2.75) is 6.92 Å². The smallest absolute Gasteiger partial charge is 0.136 e. The average molecular weight is 204 g/mol. The fourth-order valence-electron chi connectivity index (χ4n) is 1.68. The summed E-state index contributed by atoms with van der Waals surface area (Å²) in [6.45, 7) is 4.33. The first-order valence-corrected chi connectivity index (χ1v) is 5.16. The van der Waals surface area contributed by atoms with Crippen LogP contribution in [0.1, 0.15) is 5.56 Å². The molecule has 1 heterocycles. The van der Waals surface area contributed by atoms with E-state index in [0.29, 0.717) is 6.54 Å². The van der Waals surface area contributed by atoms with Gasteiger partial charge in [0.1, 0.15) is 5.84 Å². The summed E-state index contributed by atoms with van der Waals surface area (Å²) >= 11 is 0. The predicted octanol–water partition coefficient (Wildman–Crippen LogP) is 0.677. The molecule has 0 bridgehead atoms. The number of hydrogen-bond donors (Lipinski definition) is 2. The van der Waals surface area contributed by atoms with E-state index in [4.69, 9.17) is 5.73 Å². The van der Waals surface area contributed by atoms with Crippen LogP contribution in [0.15, 0.2) is 29.4 Å². The molecule has 0 spiro atoms. The van der Waals surface area contributed by atoms with E-state index in [-0.39, 0.29) is 0 Å². The topological polar surface area (TPSA) is 53.6 Å². The van der Waals surface area contributed by atoms with Crippen LogP contribution in [0.25, 0.3) is 0 Å². The Balaban J connectivity index is 2.28. The fourth-order valence-corrected chi connectivity index (χ4v) is 1.68. The molecule has 1 aliphatic heterocycles. The third-order valence-corrected chi connectivity index (χ3v) is 2.48. The molecule has 1 aromatic rings. The maximum absolute atomic E-state index is 5.56. The quantitative estimate of drug-likeness (QED) is 0.744. The molecule has 0 atom stereocenters. The molecule has 2 rings (SSSR count). The minimum Gasteiger partial charge on any atom is -0.369 e. The standard InChI is InChI=1S/C11H16N4/c1-9-4-2-3-5-10(9)15-7-6-13-11(8-12)14-15/h2-5H,6-8,12H2,1H3,(H,13,14). The third-order valence-electron chi connectivity index (χ3n) is 2.48. The lowest BCUT2D eigenvalue weighted by Gasteiger charge is -2.27. The summed E-state index contributed by atoms with van der Waals surface area (Å²) in [5, 5.41) is 9.62. The van der Waals surface area contributed by atoms with Gasteiger partial charge in [-0.25, -0.2) is 0 Å². The maximum Gasteiger partial charge on any atom is 0.136 e. The number of nitrogens with two attached hydrogens (primary N) is 1. The summed E-state index contributed by atoms with van der Waals surface area (Å²) in [6.07, 6.45) is 0. The number of anilines is 1. The summed E-state index contributed by atoms with van der Waals surface area (Å²) in [5.74, 6) is 0.851. The number of rotatable bonds is 2. The molecule has 0 aromatic heterocycles. The van der Waals surface area contributed by atoms with Crippen molar-refractivity contribution in [3.63, 3.8) is 0 Å². The van der Waals surface area contributed by atoms with Crippen LogP contribution < -0.4 is 16.1 Å². The van der Waals surface area contributed by atoms with E-state index in [9.17, 15) is 0 Å². The zero-order valence-corrected chi connectivity index (χ0v) is 8.90. The maximum atomic E-state index is 5.56. The van der Waals surface area contributed by atoms with Gasteiger partial charge in [-0.3, -0.25) is 5.01 Å². The molecule has 1 aromatic carbocycles. The van der Waals surface area contributed by atoms with Gasteiger partial charge in [-0.1, -0.05) is 18.2 Å². The summed E-state index contributed by atoms with van der Waals surface area (Å²) in [6, 6.07) is 8.24. The molecule has 0 saturated carbocycles. The average Bonchev–Trinajstić information content (AvgIpc) is 2.30. The van der Waals surface area contributed by atoms with E-state index < -0.39 is 0 Å². The molecule has 0 saturated heterocycles. The van der Waals surface area contributed by atoms with Crippen LogP contribution in [-0.2, 0) is 0 Å². The number of benzene rings is 1. The van der Waals surface area contributed by atoms with Gasteiger partial charge >= 0.3 is 0 Å². The molecule has 4 heteroatoms. The van der Waals surface area contributed by atoms with E-state index >= 15 is 0 Å². The Bertz CT molecular complexity index is 373. The minimum absolute atomic E-state index is 0.461. The lowest BCUT2D eigenvalue weighted by atomic mass is 10.2. The van der Waals surface area contributed by atoms with Crippen molar-refractivity contribution in [3.8, 4) is 0 Å². The molecular weight excluding hydrogens is 188 g/mol. The number of nitrogens with one attached hydrogen (secondary N) is 1. The van der Waals surface area contributed by atoms with Crippen LogP contribution in [0.5, 0.6) is 0 Å². The predicted molar refractivity (Wildman–Crippen MR) is 63.0 cm³/mol. The Morgan fingerprint density at radius 3 is 3.00 bits per heavy atom. The third kappa shape index (κ3) is 2.10. The first-order valence-electron chi connectivity index (χ1n) is 5.16. The Morgan fingerprint density at radius 1 is 1.47 bits per heavy atom. The second-order valence-corrected chi connectivity index (χ2v) is 3.59. The summed E-state index contributed by atoms with van der Waals surface area (Å²) in [5.41, 5.74) is 7.95. The van der Waals surface area contributed by atoms with Crippen molar-refractivity contribution in [3.05, 3.63) is 29.8 Å². The molecule has 0 amide bonds. The molecule has 0 radical (unpaired) electrons. The Labute approximate surface area is 89.8 Å². The number of hydrogen-bond acceptors (Lipinski definition) is 4. The number of aryl methyl sites for hydroxylation is 1. The summed E-state index contributed by atoms with van der Waals surface area (Å²) < 4.78 is 0. The van der Waals surface area contributed by atoms with Crippen LogP contribution >= 0.6 is 0 Å². The monoisotopic (exact) mass is 204 g/mol. The highest BCUT2D eigenvalue weighted by molar-refractivity contribution is 5.85. The first-order chi connectivity index (χ1) is 7.31. The lowest BCUT2D eigenvalue weighted by molar-refractivity contribution is 0.731. The van der Waals surface area contributed by atoms with Gasteiger partial charge in [0.15, 0.2) is 0 Å². The van der Waals surface area contributed by atoms with Gasteiger partial charge in [-0.2, -0.15) is 5.10 Å². The van der Waals surface area contributed by atoms with E-state index in [0.717, 1.165) is 24.6 Å². The molecule has 0 aliphatic carbocycles. The van der Waals surface area contributed by atoms with Crippen molar-refractivity contribution in [1.82, 2.24) is 5.32 Å². The zero-order chi connectivity index (χ0) is 10.7. The van der Waals surface area contributed by atoms with Crippen molar-refractivity contribution in [2.24, 2.45) is 10.8 Å². The summed E-state index contributed by atoms with van der Waals surface area (Å²) in [7, 11) is 0. The molecule has 4 nitrogen and oxygen atoms in total. The van der Waals surface area contributed by atoms with E-state index in [1.807, 2.05) is 17.1 Å². The number of para-hydroxylation sites is 1. The molecule has 0 fully saturated rings. The Kier molecular flexibility index (Phi) is 2.87. The van der Waals surface area contributed by atoms with Gasteiger partial charge in [0.2, 0.25) is 0 Å². The molecule has 3 N–H and O–H groups in total. The van der Waals surface area contributed by atoms with E-state index in [1.54, 1.807) is 0 Å². The zero-order valence-electron chi connectivity index (χ0n) is 8.90. The largest absolute Gasteiger partial charge is 0.369 e. The lowest BCUT2D eigenvalue weighted by Crippen LogP contribution is -2.43. The molecule has 80 valence electrons. The molecule has 1 aliphatic rings. The first kappa shape index (κ1) is 9.98. The van der Waals surface area contributed by atoms with Gasteiger partial charge in [0, 0.05) is 6.54 Å². The van der Waals surface area contributed by atoms with Gasteiger partial charge in [-0.05, 0) is 18.6 Å². The SMILES string of the molecule is Cc1ccccc1N1CCNC(CN)=N1. The number of hydrazone groups is 1. The van der Waals surface area contributed by atoms with Crippen molar-refractivity contribution in [1.29, 1.82) is 0 Å². The highest BCUT2D eigenvalue weighted by Gasteiger charge is 2.12. The van der Waals surface area contributed by atoms with Crippen molar-refractivity contribution in [2.75, 3.05) is 24.6 Å². The van der Waals surface area contributed by atoms with Crippen molar-refractivity contribution >= 4 is 11.5 Å². The number of amidine groups is 1. The second kappa shape index (κ2) is 4.31. The van der Waals surface area contributed by atoms with E-state index in [2.05, 4.69) is 29.5 Å². The second-order valence-electron chi connectivity index (χ2n) is 3.59. The van der Waals surface area contributed by atoms with E-state index in [1.165, 1.54) is 5.56 Å². The minimum atomic E-state index is 0.461. The molecule has 0 unspecified atom stereocenters. The van der Waals surface area contributed by atoms with Crippen LogP contribution in [0.3, 0.4) is 0 Å². The Hall–Kier alpha value is -1.55. The fraction of sp³-hybridized carbons (Fsp3) is 0.364. The van der Waals surface area contributed by atoms with Crippen molar-refractivity contribution < 1.29 is 0 Å². The van der Waals surface area contributed by atoms with Crippen LogP contribution in [0.2, 0.25) is 0 Å². The highest BCUT2D eigenvalue weighted by atomic mass is 15.5. The van der Waals surface area contributed by atoms with Crippen LogP contribution in [-0.4, -0.2) is 25.5 Å². The van der Waals surface area contributed by atoms with Gasteiger partial charge in [0.25, 0.3) is 0 Å². The normalized spacial score (nSPS) is 15.9. The molecular formula is C11H16N4. The highest BCUT2D eigenvalue weighted by Crippen LogP contribution is 2.19. The van der Waals surface area contributed by atoms with Gasteiger partial charge in [0.05, 0.1) is 18.8 Å². The number of nitrogens with zero attached hydrogens (tertiary/aromatic N) is 2. The summed E-state index contributed by atoms with van der Waals surface area (Å²) in [4.78, 5) is 0. The molecule has 15 heavy (non-hydrogen) atoms. The van der Waals surface area contributed by atoms with Crippen LogP contribution in [0.4, 0.5) is 5.69 Å².